The topological polar surface area (TPSA) is 84.2 Å². The highest BCUT2D eigenvalue weighted by atomic mass is 32.2. The third-order valence-electron chi connectivity index (χ3n) is 4.24. The Morgan fingerprint density at radius 3 is 2.80 bits per heavy atom. The van der Waals surface area contributed by atoms with Crippen LogP contribution in [0.5, 0.6) is 0 Å². The summed E-state index contributed by atoms with van der Waals surface area (Å²) in [7, 11) is -3.50. The Hall–Kier alpha value is -0.920. The highest BCUT2D eigenvalue weighted by Gasteiger charge is 2.33. The van der Waals surface area contributed by atoms with Gasteiger partial charge >= 0.3 is 0 Å². The maximum Gasteiger partial charge on any atom is 0.243 e. The highest BCUT2D eigenvalue weighted by molar-refractivity contribution is 7.89. The standard InChI is InChI=1S/C13H23N3O3S/c1-10-4-5-13(11(10)2)15-20(18,19)12-8-14-16(9-12)6-3-7-17/h8-11,13,15,17H,3-7H2,1-2H3. The number of aromatic nitrogens is 2. The normalized spacial score (nSPS) is 27.1. The van der Waals surface area contributed by atoms with E-state index in [9.17, 15) is 8.42 Å². The zero-order valence-corrected chi connectivity index (χ0v) is 12.8. The van der Waals surface area contributed by atoms with Gasteiger partial charge in [0.25, 0.3) is 0 Å². The van der Waals surface area contributed by atoms with E-state index in [0.29, 0.717) is 24.8 Å². The van der Waals surface area contributed by atoms with Crippen LogP contribution in [0.1, 0.15) is 33.1 Å². The number of hydrogen-bond acceptors (Lipinski definition) is 4. The van der Waals surface area contributed by atoms with Crippen molar-refractivity contribution in [3.8, 4) is 0 Å². The van der Waals surface area contributed by atoms with Gasteiger partial charge in [0.15, 0.2) is 0 Å². The lowest BCUT2D eigenvalue weighted by Gasteiger charge is -2.19. The molecule has 0 radical (unpaired) electrons. The summed E-state index contributed by atoms with van der Waals surface area (Å²) in [6, 6.07) is 0.00999. The molecule has 1 heterocycles. The number of aliphatic hydroxyl groups is 1. The van der Waals surface area contributed by atoms with E-state index in [4.69, 9.17) is 5.11 Å². The molecular formula is C13H23N3O3S. The molecule has 1 aliphatic rings. The zero-order valence-electron chi connectivity index (χ0n) is 12.0. The van der Waals surface area contributed by atoms with Crippen LogP contribution in [0.15, 0.2) is 17.3 Å². The van der Waals surface area contributed by atoms with Crippen molar-refractivity contribution >= 4 is 10.0 Å². The number of rotatable bonds is 6. The summed E-state index contributed by atoms with van der Waals surface area (Å²) in [5.41, 5.74) is 0. The summed E-state index contributed by atoms with van der Waals surface area (Å²) in [6.45, 7) is 4.84. The molecule has 20 heavy (non-hydrogen) atoms. The first-order chi connectivity index (χ1) is 9.44. The highest BCUT2D eigenvalue weighted by Crippen LogP contribution is 2.32. The van der Waals surface area contributed by atoms with E-state index in [1.165, 1.54) is 12.4 Å². The monoisotopic (exact) mass is 301 g/mol. The van der Waals surface area contributed by atoms with E-state index in [1.807, 2.05) is 0 Å². The average molecular weight is 301 g/mol. The van der Waals surface area contributed by atoms with Gasteiger partial charge in [0.2, 0.25) is 10.0 Å². The van der Waals surface area contributed by atoms with Crippen LogP contribution in [0, 0.1) is 11.8 Å². The fourth-order valence-corrected chi connectivity index (χ4v) is 3.95. The van der Waals surface area contributed by atoms with E-state index in [2.05, 4.69) is 23.7 Å². The Bertz CT molecular complexity index is 541. The summed E-state index contributed by atoms with van der Waals surface area (Å²) in [5.74, 6) is 0.907. The molecule has 1 saturated carbocycles. The minimum atomic E-state index is -3.50. The molecule has 1 aliphatic carbocycles. The molecule has 0 bridgehead atoms. The van der Waals surface area contributed by atoms with Gasteiger partial charge in [-0.05, 0) is 31.1 Å². The lowest BCUT2D eigenvalue weighted by Crippen LogP contribution is -2.37. The number of hydrogen-bond donors (Lipinski definition) is 2. The first kappa shape index (κ1) is 15.5. The first-order valence-corrected chi connectivity index (χ1v) is 8.58. The minimum absolute atomic E-state index is 0.00999. The minimum Gasteiger partial charge on any atom is -0.396 e. The molecule has 7 heteroatoms. The van der Waals surface area contributed by atoms with Gasteiger partial charge in [-0.25, -0.2) is 13.1 Å². The van der Waals surface area contributed by atoms with Gasteiger partial charge in [0.05, 0.1) is 6.20 Å². The molecule has 0 aromatic carbocycles. The van der Waals surface area contributed by atoms with Crippen molar-refractivity contribution in [1.82, 2.24) is 14.5 Å². The summed E-state index contributed by atoms with van der Waals surface area (Å²) >= 11 is 0. The second kappa shape index (κ2) is 6.24. The van der Waals surface area contributed by atoms with Gasteiger partial charge in [-0.2, -0.15) is 5.10 Å². The summed E-state index contributed by atoms with van der Waals surface area (Å²) in [5, 5.41) is 12.8. The molecule has 3 unspecified atom stereocenters. The number of aliphatic hydroxyl groups excluding tert-OH is 1. The molecular weight excluding hydrogens is 278 g/mol. The molecule has 3 atom stereocenters. The molecule has 1 aromatic rings. The maximum absolute atomic E-state index is 12.3. The molecule has 114 valence electrons. The van der Waals surface area contributed by atoms with Crippen molar-refractivity contribution in [2.24, 2.45) is 11.8 Å². The van der Waals surface area contributed by atoms with E-state index >= 15 is 0 Å². The van der Waals surface area contributed by atoms with Crippen LogP contribution in [0.3, 0.4) is 0 Å². The van der Waals surface area contributed by atoms with Gasteiger partial charge < -0.3 is 5.11 Å². The van der Waals surface area contributed by atoms with Gasteiger partial charge in [-0.3, -0.25) is 4.68 Å². The van der Waals surface area contributed by atoms with Crippen LogP contribution in [0.2, 0.25) is 0 Å². The molecule has 1 fully saturated rings. The lowest BCUT2D eigenvalue weighted by molar-refractivity contribution is 0.277. The summed E-state index contributed by atoms with van der Waals surface area (Å²) in [4.78, 5) is 0.196. The molecule has 0 saturated heterocycles. The van der Waals surface area contributed by atoms with Crippen LogP contribution in [-0.4, -0.2) is 36.0 Å². The van der Waals surface area contributed by atoms with Crippen molar-refractivity contribution in [2.45, 2.75) is 50.6 Å². The quantitative estimate of drug-likeness (QED) is 0.820. The van der Waals surface area contributed by atoms with Gasteiger partial charge in [-0.15, -0.1) is 0 Å². The van der Waals surface area contributed by atoms with Crippen LogP contribution in [0.4, 0.5) is 0 Å². The molecule has 1 aromatic heterocycles. The van der Waals surface area contributed by atoms with Crippen molar-refractivity contribution < 1.29 is 13.5 Å². The predicted octanol–water partition coefficient (Wildman–Crippen LogP) is 0.978. The number of nitrogens with zero attached hydrogens (tertiary/aromatic N) is 2. The Labute approximate surface area is 120 Å². The SMILES string of the molecule is CC1CCC(NS(=O)(=O)c2cnn(CCCO)c2)C1C. The van der Waals surface area contributed by atoms with Crippen molar-refractivity contribution in [3.63, 3.8) is 0 Å². The van der Waals surface area contributed by atoms with E-state index in [1.54, 1.807) is 4.68 Å². The first-order valence-electron chi connectivity index (χ1n) is 7.09. The van der Waals surface area contributed by atoms with Crippen molar-refractivity contribution in [3.05, 3.63) is 12.4 Å². The molecule has 0 spiro atoms. The summed E-state index contributed by atoms with van der Waals surface area (Å²) < 4.78 is 29.0. The zero-order chi connectivity index (χ0) is 14.8. The number of nitrogens with one attached hydrogen (secondary N) is 1. The molecule has 2 N–H and O–H groups in total. The van der Waals surface area contributed by atoms with Crippen molar-refractivity contribution in [2.75, 3.05) is 6.61 Å². The molecule has 0 aliphatic heterocycles. The second-order valence-corrected chi connectivity index (χ2v) is 7.37. The largest absolute Gasteiger partial charge is 0.396 e. The van der Waals surface area contributed by atoms with E-state index in [-0.39, 0.29) is 17.5 Å². The third-order valence-corrected chi connectivity index (χ3v) is 5.68. The second-order valence-electron chi connectivity index (χ2n) is 5.66. The average Bonchev–Trinajstić information content (AvgIpc) is 2.99. The molecule has 2 rings (SSSR count). The van der Waals surface area contributed by atoms with Crippen LogP contribution >= 0.6 is 0 Å². The van der Waals surface area contributed by atoms with E-state index < -0.39 is 10.0 Å². The number of sulfonamides is 1. The Balaban J connectivity index is 2.05. The van der Waals surface area contributed by atoms with Gasteiger partial charge in [-0.1, -0.05) is 13.8 Å². The molecule has 6 nitrogen and oxygen atoms in total. The predicted molar refractivity (Wildman–Crippen MR) is 75.6 cm³/mol. The Kier molecular flexibility index (Phi) is 4.82. The Morgan fingerprint density at radius 2 is 2.20 bits per heavy atom. The van der Waals surface area contributed by atoms with Crippen molar-refractivity contribution in [1.29, 1.82) is 0 Å². The van der Waals surface area contributed by atoms with E-state index in [0.717, 1.165) is 12.8 Å². The van der Waals surface area contributed by atoms with Crippen LogP contribution in [-0.2, 0) is 16.6 Å². The Morgan fingerprint density at radius 1 is 1.45 bits per heavy atom. The van der Waals surface area contributed by atoms with Crippen LogP contribution < -0.4 is 4.72 Å². The fraction of sp³-hybridized carbons (Fsp3) is 0.769. The smallest absolute Gasteiger partial charge is 0.243 e. The van der Waals surface area contributed by atoms with Crippen LogP contribution in [0.25, 0.3) is 0 Å². The maximum atomic E-state index is 12.3. The summed E-state index contributed by atoms with van der Waals surface area (Å²) in [6.07, 6.45) is 5.39. The molecule has 0 amide bonds. The third kappa shape index (κ3) is 3.39. The van der Waals surface area contributed by atoms with Gasteiger partial charge in [0.1, 0.15) is 4.90 Å². The van der Waals surface area contributed by atoms with Gasteiger partial charge in [0, 0.05) is 25.4 Å². The fourth-order valence-electron chi connectivity index (χ4n) is 2.64. The number of aryl methyl sites for hydroxylation is 1. The lowest BCUT2D eigenvalue weighted by atomic mass is 9.98.